The highest BCUT2D eigenvalue weighted by Gasteiger charge is 2.23. The lowest BCUT2D eigenvalue weighted by Crippen LogP contribution is -2.25. The van der Waals surface area contributed by atoms with Crippen LogP contribution in [0.25, 0.3) is 10.9 Å². The number of hydrogen-bond donors (Lipinski definition) is 0. The van der Waals surface area contributed by atoms with Gasteiger partial charge in [0.15, 0.2) is 18.1 Å². The van der Waals surface area contributed by atoms with Gasteiger partial charge in [0.1, 0.15) is 11.9 Å². The number of aromatic nitrogens is 2. The first-order valence-electron chi connectivity index (χ1n) is 10.7. The standard InChI is InChI=1S/C24H22BrClN4O3/c1-32-21-13-18(26)11-16(22(21)33-10-9-27)14-28-30-23(15-5-3-2-4-6-15)29-20-8-7-17(25)12-19(20)24(30)31/h7-8,11-15H,2-6,10H2,1H3. The second kappa shape index (κ2) is 10.4. The third kappa shape index (κ3) is 5.05. The summed E-state index contributed by atoms with van der Waals surface area (Å²) in [6.07, 6.45) is 6.81. The monoisotopic (exact) mass is 528 g/mol. The number of methoxy groups -OCH3 is 1. The van der Waals surface area contributed by atoms with Gasteiger partial charge in [-0.3, -0.25) is 4.79 Å². The molecule has 33 heavy (non-hydrogen) atoms. The lowest BCUT2D eigenvalue weighted by molar-refractivity contribution is 0.329. The molecule has 1 aliphatic carbocycles. The quantitative estimate of drug-likeness (QED) is 0.385. The molecule has 0 aliphatic heterocycles. The summed E-state index contributed by atoms with van der Waals surface area (Å²) in [5.74, 6) is 1.51. The van der Waals surface area contributed by atoms with Gasteiger partial charge in [0.2, 0.25) is 0 Å². The first kappa shape index (κ1) is 23.3. The highest BCUT2D eigenvalue weighted by Crippen LogP contribution is 2.35. The van der Waals surface area contributed by atoms with Gasteiger partial charge in [-0.1, -0.05) is 46.8 Å². The summed E-state index contributed by atoms with van der Waals surface area (Å²) in [6.45, 7) is -0.169. The lowest BCUT2D eigenvalue weighted by atomic mass is 9.88. The van der Waals surface area contributed by atoms with Crippen LogP contribution in [0.3, 0.4) is 0 Å². The number of rotatable bonds is 6. The Balaban J connectivity index is 1.87. The van der Waals surface area contributed by atoms with E-state index in [1.807, 2.05) is 18.2 Å². The zero-order valence-electron chi connectivity index (χ0n) is 18.1. The summed E-state index contributed by atoms with van der Waals surface area (Å²) in [5.41, 5.74) is 0.898. The Hall–Kier alpha value is -2.89. The smallest absolute Gasteiger partial charge is 0.282 e. The fourth-order valence-electron chi connectivity index (χ4n) is 4.12. The molecule has 3 aromatic rings. The zero-order chi connectivity index (χ0) is 23.4. The molecule has 7 nitrogen and oxygen atoms in total. The molecule has 0 bridgehead atoms. The van der Waals surface area contributed by atoms with E-state index in [-0.39, 0.29) is 18.1 Å². The lowest BCUT2D eigenvalue weighted by Gasteiger charge is -2.22. The van der Waals surface area contributed by atoms with Gasteiger partial charge < -0.3 is 9.47 Å². The van der Waals surface area contributed by atoms with Crippen molar-refractivity contribution in [1.29, 1.82) is 5.26 Å². The highest BCUT2D eigenvalue weighted by atomic mass is 79.9. The van der Waals surface area contributed by atoms with Crippen LogP contribution in [0.4, 0.5) is 0 Å². The average molecular weight is 530 g/mol. The Bertz CT molecular complexity index is 1310. The van der Waals surface area contributed by atoms with E-state index in [9.17, 15) is 4.79 Å². The second-order valence-corrected chi connectivity index (χ2v) is 9.15. The molecule has 0 saturated heterocycles. The van der Waals surface area contributed by atoms with Gasteiger partial charge in [-0.2, -0.15) is 15.0 Å². The molecule has 4 rings (SSSR count). The molecule has 0 spiro atoms. The average Bonchev–Trinajstić information content (AvgIpc) is 2.83. The number of fused-ring (bicyclic) bond motifs is 1. The molecule has 1 aliphatic rings. The van der Waals surface area contributed by atoms with Crippen molar-refractivity contribution in [2.45, 2.75) is 38.0 Å². The normalized spacial score (nSPS) is 14.5. The van der Waals surface area contributed by atoms with E-state index in [1.165, 1.54) is 24.4 Å². The molecular weight excluding hydrogens is 508 g/mol. The van der Waals surface area contributed by atoms with E-state index < -0.39 is 0 Å². The molecule has 0 atom stereocenters. The Labute approximate surface area is 204 Å². The molecule has 1 fully saturated rings. The summed E-state index contributed by atoms with van der Waals surface area (Å²) in [7, 11) is 1.49. The Morgan fingerprint density at radius 1 is 1.30 bits per heavy atom. The van der Waals surface area contributed by atoms with E-state index in [4.69, 9.17) is 31.3 Å². The van der Waals surface area contributed by atoms with Gasteiger partial charge in [-0.05, 0) is 37.1 Å². The van der Waals surface area contributed by atoms with Gasteiger partial charge >= 0.3 is 0 Å². The molecule has 0 amide bonds. The van der Waals surface area contributed by atoms with Crippen LogP contribution in [0.5, 0.6) is 11.5 Å². The topological polar surface area (TPSA) is 89.5 Å². The first-order valence-corrected chi connectivity index (χ1v) is 11.8. The van der Waals surface area contributed by atoms with Gasteiger partial charge in [0.25, 0.3) is 5.56 Å². The number of halogens is 2. The maximum Gasteiger partial charge on any atom is 0.282 e. The van der Waals surface area contributed by atoms with Crippen LogP contribution < -0.4 is 15.0 Å². The third-order valence-electron chi connectivity index (χ3n) is 5.67. The van der Waals surface area contributed by atoms with Crippen molar-refractivity contribution in [2.24, 2.45) is 5.10 Å². The SMILES string of the molecule is COc1cc(Cl)cc(C=Nn2c(C3CCCCC3)nc3ccc(Br)cc3c2=O)c1OCC#N. The molecule has 1 aromatic heterocycles. The molecule has 0 radical (unpaired) electrons. The molecular formula is C24H22BrClN4O3. The van der Waals surface area contributed by atoms with Crippen molar-refractivity contribution < 1.29 is 9.47 Å². The van der Waals surface area contributed by atoms with Crippen molar-refractivity contribution >= 4 is 44.6 Å². The van der Waals surface area contributed by atoms with Crippen LogP contribution in [0, 0.1) is 11.3 Å². The minimum absolute atomic E-state index is 0.153. The van der Waals surface area contributed by atoms with Gasteiger partial charge in [-0.25, -0.2) is 4.98 Å². The van der Waals surface area contributed by atoms with E-state index in [1.54, 1.807) is 18.2 Å². The van der Waals surface area contributed by atoms with Crippen LogP contribution >= 0.6 is 27.5 Å². The fraction of sp³-hybridized carbons (Fsp3) is 0.333. The van der Waals surface area contributed by atoms with E-state index in [0.717, 1.165) is 30.2 Å². The molecule has 2 aromatic carbocycles. The Morgan fingerprint density at radius 2 is 2.09 bits per heavy atom. The summed E-state index contributed by atoms with van der Waals surface area (Å²) in [5, 5.41) is 14.4. The van der Waals surface area contributed by atoms with Crippen LogP contribution in [-0.4, -0.2) is 29.6 Å². The number of ether oxygens (including phenoxy) is 2. The largest absolute Gasteiger partial charge is 0.493 e. The molecule has 170 valence electrons. The zero-order valence-corrected chi connectivity index (χ0v) is 20.4. The molecule has 1 saturated carbocycles. The minimum Gasteiger partial charge on any atom is -0.493 e. The highest BCUT2D eigenvalue weighted by molar-refractivity contribution is 9.10. The van der Waals surface area contributed by atoms with Crippen molar-refractivity contribution in [3.63, 3.8) is 0 Å². The predicted molar refractivity (Wildman–Crippen MR) is 132 cm³/mol. The van der Waals surface area contributed by atoms with Gasteiger partial charge in [-0.15, -0.1) is 0 Å². The van der Waals surface area contributed by atoms with Gasteiger partial charge in [0.05, 0.1) is 24.2 Å². The van der Waals surface area contributed by atoms with Crippen molar-refractivity contribution in [3.8, 4) is 17.6 Å². The van der Waals surface area contributed by atoms with Crippen molar-refractivity contribution in [1.82, 2.24) is 9.66 Å². The van der Waals surface area contributed by atoms with E-state index in [0.29, 0.717) is 38.8 Å². The van der Waals surface area contributed by atoms with E-state index in [2.05, 4.69) is 21.0 Å². The van der Waals surface area contributed by atoms with Gasteiger partial charge in [0, 0.05) is 27.0 Å². The third-order valence-corrected chi connectivity index (χ3v) is 6.38. The number of hydrogen-bond acceptors (Lipinski definition) is 6. The molecule has 0 unspecified atom stereocenters. The number of benzene rings is 2. The van der Waals surface area contributed by atoms with Crippen LogP contribution in [0.15, 0.2) is 44.7 Å². The fourth-order valence-corrected chi connectivity index (χ4v) is 4.70. The Kier molecular flexibility index (Phi) is 7.31. The maximum atomic E-state index is 13.5. The maximum absolute atomic E-state index is 13.5. The first-order chi connectivity index (χ1) is 16.0. The van der Waals surface area contributed by atoms with Crippen molar-refractivity contribution in [2.75, 3.05) is 13.7 Å². The Morgan fingerprint density at radius 3 is 2.82 bits per heavy atom. The van der Waals surface area contributed by atoms with Crippen molar-refractivity contribution in [3.05, 3.63) is 61.6 Å². The molecule has 0 N–H and O–H groups in total. The second-order valence-electron chi connectivity index (χ2n) is 7.80. The summed E-state index contributed by atoms with van der Waals surface area (Å²) >= 11 is 9.68. The predicted octanol–water partition coefficient (Wildman–Crippen LogP) is 5.65. The van der Waals surface area contributed by atoms with E-state index >= 15 is 0 Å². The van der Waals surface area contributed by atoms with Crippen LogP contribution in [-0.2, 0) is 0 Å². The number of nitriles is 1. The minimum atomic E-state index is -0.244. The summed E-state index contributed by atoms with van der Waals surface area (Å²) in [4.78, 5) is 18.3. The summed E-state index contributed by atoms with van der Waals surface area (Å²) < 4.78 is 13.1. The summed E-state index contributed by atoms with van der Waals surface area (Å²) in [6, 6.07) is 10.7. The molecule has 1 heterocycles. The van der Waals surface area contributed by atoms with Crippen LogP contribution in [0.2, 0.25) is 5.02 Å². The molecule has 9 heteroatoms. The number of nitrogens with zero attached hydrogens (tertiary/aromatic N) is 4. The van der Waals surface area contributed by atoms with Crippen LogP contribution in [0.1, 0.15) is 49.4 Å².